The molecule has 0 amide bonds. The third-order valence-electron chi connectivity index (χ3n) is 4.25. The fourth-order valence-electron chi connectivity index (χ4n) is 2.99. The van der Waals surface area contributed by atoms with Gasteiger partial charge in [0.2, 0.25) is 10.0 Å². The van der Waals surface area contributed by atoms with Gasteiger partial charge in [0, 0.05) is 13.1 Å². The van der Waals surface area contributed by atoms with E-state index in [4.69, 9.17) is 4.74 Å². The van der Waals surface area contributed by atoms with E-state index in [1.54, 1.807) is 6.07 Å². The Morgan fingerprint density at radius 2 is 2.04 bits per heavy atom. The Morgan fingerprint density at radius 1 is 1.35 bits per heavy atom. The van der Waals surface area contributed by atoms with Gasteiger partial charge in [-0.05, 0) is 55.8 Å². The number of hydrogen-bond acceptors (Lipinski definition) is 4. The molecule has 1 unspecified atom stereocenters. The van der Waals surface area contributed by atoms with Crippen molar-refractivity contribution in [2.24, 2.45) is 5.41 Å². The molecular weight excluding hydrogens is 336 g/mol. The molecule has 0 aliphatic carbocycles. The summed E-state index contributed by atoms with van der Waals surface area (Å²) in [5.41, 5.74) is 1.69. The molecule has 1 aliphatic heterocycles. The minimum Gasteiger partial charge on any atom is -0.495 e. The van der Waals surface area contributed by atoms with Gasteiger partial charge in [-0.1, -0.05) is 13.0 Å². The van der Waals surface area contributed by atoms with Crippen LogP contribution in [0.1, 0.15) is 30.9 Å². The summed E-state index contributed by atoms with van der Waals surface area (Å²) in [5.74, 6) is 0.421. The third kappa shape index (κ3) is 4.83. The quantitative estimate of drug-likeness (QED) is 0.844. The van der Waals surface area contributed by atoms with Gasteiger partial charge in [0.15, 0.2) is 0 Å². The van der Waals surface area contributed by atoms with Crippen molar-refractivity contribution in [3.63, 3.8) is 0 Å². The first-order valence-electron chi connectivity index (χ1n) is 7.63. The molecule has 1 aromatic carbocycles. The summed E-state index contributed by atoms with van der Waals surface area (Å²) in [6.45, 7) is 8.13. The second-order valence-electron chi connectivity index (χ2n) is 6.53. The van der Waals surface area contributed by atoms with Gasteiger partial charge in [-0.3, -0.25) is 0 Å². The summed E-state index contributed by atoms with van der Waals surface area (Å²) < 4.78 is 33.4. The van der Waals surface area contributed by atoms with E-state index in [1.165, 1.54) is 7.11 Å². The van der Waals surface area contributed by atoms with Crippen LogP contribution in [0.3, 0.4) is 0 Å². The minimum absolute atomic E-state index is 0. The van der Waals surface area contributed by atoms with E-state index >= 15 is 0 Å². The van der Waals surface area contributed by atoms with Gasteiger partial charge in [0.05, 0.1) is 7.11 Å². The van der Waals surface area contributed by atoms with E-state index in [1.807, 2.05) is 19.9 Å². The minimum atomic E-state index is -3.59. The maximum Gasteiger partial charge on any atom is 0.244 e. The average molecular weight is 363 g/mol. The zero-order valence-corrected chi connectivity index (χ0v) is 15.9. The standard InChI is InChI=1S/C16H26N2O3S.ClH/c1-12-8-13(2)15(21-4)14(9-12)22(19,20)18-11-16(3)6-5-7-17-10-16;/h8-9,17-18H,5-7,10-11H2,1-4H3;1H. The van der Waals surface area contributed by atoms with E-state index in [-0.39, 0.29) is 22.7 Å². The maximum absolute atomic E-state index is 12.7. The molecule has 23 heavy (non-hydrogen) atoms. The van der Waals surface area contributed by atoms with E-state index in [0.29, 0.717) is 12.3 Å². The molecule has 0 spiro atoms. The fourth-order valence-corrected chi connectivity index (χ4v) is 4.52. The van der Waals surface area contributed by atoms with Crippen LogP contribution in [0.15, 0.2) is 17.0 Å². The van der Waals surface area contributed by atoms with Gasteiger partial charge < -0.3 is 10.1 Å². The Balaban J connectivity index is 0.00000264. The van der Waals surface area contributed by atoms with Gasteiger partial charge in [0.1, 0.15) is 10.6 Å². The fraction of sp³-hybridized carbons (Fsp3) is 0.625. The van der Waals surface area contributed by atoms with Crippen molar-refractivity contribution < 1.29 is 13.2 Å². The molecule has 2 N–H and O–H groups in total. The van der Waals surface area contributed by atoms with Crippen LogP contribution in [0, 0.1) is 19.3 Å². The Hall–Kier alpha value is -0.820. The topological polar surface area (TPSA) is 67.4 Å². The van der Waals surface area contributed by atoms with Crippen LogP contribution >= 0.6 is 12.4 Å². The normalized spacial score (nSPS) is 21.6. The first-order valence-corrected chi connectivity index (χ1v) is 9.11. The van der Waals surface area contributed by atoms with Gasteiger partial charge in [-0.15, -0.1) is 12.4 Å². The highest BCUT2D eigenvalue weighted by molar-refractivity contribution is 7.89. The van der Waals surface area contributed by atoms with Crippen molar-refractivity contribution in [3.05, 3.63) is 23.3 Å². The smallest absolute Gasteiger partial charge is 0.244 e. The molecule has 1 aliphatic rings. The molecule has 0 radical (unpaired) electrons. The number of halogens is 1. The van der Waals surface area contributed by atoms with Crippen LogP contribution in [0.5, 0.6) is 5.75 Å². The van der Waals surface area contributed by atoms with Crippen molar-refractivity contribution in [3.8, 4) is 5.75 Å². The van der Waals surface area contributed by atoms with Crippen molar-refractivity contribution in [1.29, 1.82) is 0 Å². The molecule has 5 nitrogen and oxygen atoms in total. The van der Waals surface area contributed by atoms with Crippen LogP contribution in [0.2, 0.25) is 0 Å². The number of benzene rings is 1. The van der Waals surface area contributed by atoms with Gasteiger partial charge >= 0.3 is 0 Å². The van der Waals surface area contributed by atoms with Crippen LogP contribution in [-0.2, 0) is 10.0 Å². The first-order chi connectivity index (χ1) is 10.3. The number of nitrogens with one attached hydrogen (secondary N) is 2. The van der Waals surface area contributed by atoms with Gasteiger partial charge in [0.25, 0.3) is 0 Å². The van der Waals surface area contributed by atoms with Crippen LogP contribution in [0.25, 0.3) is 0 Å². The highest BCUT2D eigenvalue weighted by atomic mass is 35.5. The average Bonchev–Trinajstić information content (AvgIpc) is 2.45. The Labute approximate surface area is 145 Å². The molecule has 7 heteroatoms. The highest BCUT2D eigenvalue weighted by Gasteiger charge is 2.30. The summed E-state index contributed by atoms with van der Waals surface area (Å²) in [5, 5.41) is 3.33. The zero-order chi connectivity index (χ0) is 16.4. The molecule has 1 aromatic rings. The lowest BCUT2D eigenvalue weighted by molar-refractivity contribution is 0.238. The number of hydrogen-bond donors (Lipinski definition) is 2. The molecule has 0 saturated carbocycles. The van der Waals surface area contributed by atoms with Crippen LogP contribution in [-0.4, -0.2) is 35.2 Å². The van der Waals surface area contributed by atoms with E-state index in [2.05, 4.69) is 17.0 Å². The number of ether oxygens (including phenoxy) is 1. The maximum atomic E-state index is 12.7. The molecule has 0 aromatic heterocycles. The van der Waals surface area contributed by atoms with Crippen LogP contribution in [0.4, 0.5) is 0 Å². The molecule has 132 valence electrons. The summed E-state index contributed by atoms with van der Waals surface area (Å²) in [4.78, 5) is 0.222. The molecule has 0 bridgehead atoms. The summed E-state index contributed by atoms with van der Waals surface area (Å²) in [6, 6.07) is 3.58. The SMILES string of the molecule is COc1c(C)cc(C)cc1S(=O)(=O)NCC1(C)CCCNC1.Cl. The lowest BCUT2D eigenvalue weighted by Crippen LogP contribution is -2.45. The molecule has 1 atom stereocenters. The number of methoxy groups -OCH3 is 1. The zero-order valence-electron chi connectivity index (χ0n) is 14.2. The predicted molar refractivity (Wildman–Crippen MR) is 95.1 cm³/mol. The lowest BCUT2D eigenvalue weighted by atomic mass is 9.83. The monoisotopic (exact) mass is 362 g/mol. The second kappa shape index (κ2) is 7.83. The molecule has 1 fully saturated rings. The predicted octanol–water partition coefficient (Wildman–Crippen LogP) is 2.40. The summed E-state index contributed by atoms with van der Waals surface area (Å²) >= 11 is 0. The van der Waals surface area contributed by atoms with Crippen LogP contribution < -0.4 is 14.8 Å². The number of sulfonamides is 1. The van der Waals surface area contributed by atoms with E-state index < -0.39 is 10.0 Å². The van der Waals surface area contributed by atoms with Gasteiger partial charge in [-0.2, -0.15) is 0 Å². The van der Waals surface area contributed by atoms with Crippen molar-refractivity contribution >= 4 is 22.4 Å². The number of aryl methyl sites for hydroxylation is 2. The van der Waals surface area contributed by atoms with E-state index in [9.17, 15) is 8.42 Å². The molecule has 1 saturated heterocycles. The Morgan fingerprint density at radius 3 is 2.61 bits per heavy atom. The Bertz CT molecular complexity index is 641. The number of piperidine rings is 1. The third-order valence-corrected chi connectivity index (χ3v) is 5.66. The number of rotatable bonds is 5. The first kappa shape index (κ1) is 20.2. The lowest BCUT2D eigenvalue weighted by Gasteiger charge is -2.34. The largest absolute Gasteiger partial charge is 0.495 e. The van der Waals surface area contributed by atoms with Gasteiger partial charge in [-0.25, -0.2) is 13.1 Å². The second-order valence-corrected chi connectivity index (χ2v) is 8.26. The van der Waals surface area contributed by atoms with Crippen molar-refractivity contribution in [2.75, 3.05) is 26.7 Å². The summed E-state index contributed by atoms with van der Waals surface area (Å²) in [7, 11) is -2.09. The Kier molecular flexibility index (Phi) is 6.89. The highest BCUT2D eigenvalue weighted by Crippen LogP contribution is 2.30. The van der Waals surface area contributed by atoms with Crippen molar-refractivity contribution in [2.45, 2.75) is 38.5 Å². The molecular formula is C16H27ClN2O3S. The molecule has 1 heterocycles. The van der Waals surface area contributed by atoms with E-state index in [0.717, 1.165) is 37.1 Å². The van der Waals surface area contributed by atoms with Crippen molar-refractivity contribution in [1.82, 2.24) is 10.0 Å². The summed E-state index contributed by atoms with van der Waals surface area (Å²) in [6.07, 6.45) is 2.09. The molecule has 2 rings (SSSR count).